The molecule has 6 nitrogen and oxygen atoms in total. The van der Waals surface area contributed by atoms with Gasteiger partial charge in [0.25, 0.3) is 0 Å². The number of aryl methyl sites for hydroxylation is 1. The number of carboxylic acid groups (broad SMARTS) is 1. The summed E-state index contributed by atoms with van der Waals surface area (Å²) >= 11 is 0. The largest absolute Gasteiger partial charge is 0.480 e. The van der Waals surface area contributed by atoms with Crippen LogP contribution in [0.2, 0.25) is 0 Å². The van der Waals surface area contributed by atoms with Crippen molar-refractivity contribution in [2.75, 3.05) is 7.05 Å². The molecule has 6 heteroatoms. The van der Waals surface area contributed by atoms with Crippen molar-refractivity contribution in [2.24, 2.45) is 0 Å². The van der Waals surface area contributed by atoms with Crippen LogP contribution in [0.3, 0.4) is 0 Å². The van der Waals surface area contributed by atoms with Crippen LogP contribution >= 0.6 is 0 Å². The van der Waals surface area contributed by atoms with Crippen LogP contribution < -0.4 is 5.32 Å². The molecule has 1 aromatic heterocycles. The first-order chi connectivity index (χ1) is 8.91. The number of furan rings is 1. The number of carboxylic acids is 1. The number of carbonyl (C=O) groups excluding carboxylic acids is 1. The van der Waals surface area contributed by atoms with E-state index in [1.54, 1.807) is 6.26 Å². The third-order valence-electron chi connectivity index (χ3n) is 3.03. The number of likely N-dealkylation sites (N-methyl/N-ethyl adjacent to an activating group) is 1. The van der Waals surface area contributed by atoms with Crippen molar-refractivity contribution in [2.45, 2.75) is 38.8 Å². The number of hydrogen-bond donors (Lipinski definition) is 2. The SMILES string of the molecule is CC(CCc1ccco1)NC(=O)N(C)C(C)C(=O)O. The monoisotopic (exact) mass is 268 g/mol. The maximum atomic E-state index is 11.8. The quantitative estimate of drug-likeness (QED) is 0.822. The second-order valence-corrected chi connectivity index (χ2v) is 4.59. The lowest BCUT2D eigenvalue weighted by molar-refractivity contribution is -0.141. The van der Waals surface area contributed by atoms with Gasteiger partial charge in [0.15, 0.2) is 0 Å². The maximum absolute atomic E-state index is 11.8. The Kier molecular flexibility index (Phi) is 5.41. The van der Waals surface area contributed by atoms with Gasteiger partial charge in [0.05, 0.1) is 6.26 Å². The van der Waals surface area contributed by atoms with Crippen LogP contribution in [0.4, 0.5) is 4.79 Å². The van der Waals surface area contributed by atoms with Crippen molar-refractivity contribution >= 4 is 12.0 Å². The van der Waals surface area contributed by atoms with E-state index in [2.05, 4.69) is 5.32 Å². The van der Waals surface area contributed by atoms with Crippen molar-refractivity contribution < 1.29 is 19.1 Å². The van der Waals surface area contributed by atoms with Crippen LogP contribution in [0.5, 0.6) is 0 Å². The minimum atomic E-state index is -1.03. The third kappa shape index (κ3) is 4.65. The first-order valence-corrected chi connectivity index (χ1v) is 6.20. The molecule has 0 saturated carbocycles. The Balaban J connectivity index is 2.37. The molecule has 0 radical (unpaired) electrons. The molecular weight excluding hydrogens is 248 g/mol. The Labute approximate surface area is 112 Å². The van der Waals surface area contributed by atoms with Crippen LogP contribution in [-0.2, 0) is 11.2 Å². The Morgan fingerprint density at radius 3 is 2.68 bits per heavy atom. The Morgan fingerprint density at radius 2 is 2.16 bits per heavy atom. The molecule has 0 aliphatic rings. The summed E-state index contributed by atoms with van der Waals surface area (Å²) in [4.78, 5) is 23.7. The number of hydrogen-bond acceptors (Lipinski definition) is 3. The highest BCUT2D eigenvalue weighted by Gasteiger charge is 2.22. The van der Waals surface area contributed by atoms with Crippen molar-refractivity contribution in [3.8, 4) is 0 Å². The number of nitrogens with zero attached hydrogens (tertiary/aromatic N) is 1. The van der Waals surface area contributed by atoms with E-state index >= 15 is 0 Å². The van der Waals surface area contributed by atoms with E-state index in [0.29, 0.717) is 0 Å². The second kappa shape index (κ2) is 6.82. The Bertz CT molecular complexity index is 416. The molecule has 0 spiro atoms. The smallest absolute Gasteiger partial charge is 0.326 e. The average Bonchev–Trinajstić information content (AvgIpc) is 2.87. The molecule has 1 heterocycles. The van der Waals surface area contributed by atoms with Crippen LogP contribution in [0, 0.1) is 0 Å². The van der Waals surface area contributed by atoms with Gasteiger partial charge in [0, 0.05) is 19.5 Å². The summed E-state index contributed by atoms with van der Waals surface area (Å²) in [5.74, 6) is -0.158. The molecule has 0 fully saturated rings. The van der Waals surface area contributed by atoms with Gasteiger partial charge in [-0.2, -0.15) is 0 Å². The number of carbonyl (C=O) groups is 2. The standard InChI is InChI=1S/C13H20N2O4/c1-9(6-7-11-5-4-8-19-11)14-13(18)15(3)10(2)12(16)17/h4-5,8-10H,6-7H2,1-3H3,(H,14,18)(H,16,17). The summed E-state index contributed by atoms with van der Waals surface area (Å²) in [7, 11) is 1.47. The number of nitrogens with one attached hydrogen (secondary N) is 1. The molecule has 0 saturated heterocycles. The highest BCUT2D eigenvalue weighted by molar-refractivity contribution is 5.82. The van der Waals surface area contributed by atoms with Gasteiger partial charge in [-0.3, -0.25) is 0 Å². The number of rotatable bonds is 6. The fraction of sp³-hybridized carbons (Fsp3) is 0.538. The van der Waals surface area contributed by atoms with E-state index in [4.69, 9.17) is 9.52 Å². The van der Waals surface area contributed by atoms with E-state index in [1.165, 1.54) is 18.9 Å². The van der Waals surface area contributed by atoms with E-state index in [1.807, 2.05) is 19.1 Å². The zero-order valence-electron chi connectivity index (χ0n) is 11.4. The first-order valence-electron chi connectivity index (χ1n) is 6.20. The summed E-state index contributed by atoms with van der Waals surface area (Å²) in [6, 6.07) is 2.41. The van der Waals surface area contributed by atoms with Gasteiger partial charge >= 0.3 is 12.0 Å². The number of urea groups is 1. The zero-order chi connectivity index (χ0) is 14.4. The van der Waals surface area contributed by atoms with E-state index in [0.717, 1.165) is 18.6 Å². The Hall–Kier alpha value is -1.98. The molecule has 0 aromatic carbocycles. The molecule has 2 N–H and O–H groups in total. The van der Waals surface area contributed by atoms with Crippen molar-refractivity contribution in [1.29, 1.82) is 0 Å². The topological polar surface area (TPSA) is 82.8 Å². The van der Waals surface area contributed by atoms with E-state index in [9.17, 15) is 9.59 Å². The number of aliphatic carboxylic acids is 1. The molecule has 0 aliphatic carbocycles. The van der Waals surface area contributed by atoms with Gasteiger partial charge in [0.2, 0.25) is 0 Å². The minimum Gasteiger partial charge on any atom is -0.480 e. The summed E-state index contributed by atoms with van der Waals surface area (Å²) in [5.41, 5.74) is 0. The maximum Gasteiger partial charge on any atom is 0.326 e. The summed E-state index contributed by atoms with van der Waals surface area (Å²) in [6.45, 7) is 3.34. The Morgan fingerprint density at radius 1 is 1.47 bits per heavy atom. The molecule has 2 unspecified atom stereocenters. The van der Waals surface area contributed by atoms with Gasteiger partial charge < -0.3 is 19.7 Å². The van der Waals surface area contributed by atoms with Gasteiger partial charge in [-0.25, -0.2) is 9.59 Å². The predicted octanol–water partition coefficient (Wildman–Crippen LogP) is 1.72. The van der Waals surface area contributed by atoms with Crippen LogP contribution in [-0.4, -0.2) is 41.1 Å². The van der Waals surface area contributed by atoms with Gasteiger partial charge in [-0.05, 0) is 32.4 Å². The predicted molar refractivity (Wildman–Crippen MR) is 69.9 cm³/mol. The van der Waals surface area contributed by atoms with Crippen LogP contribution in [0.15, 0.2) is 22.8 Å². The highest BCUT2D eigenvalue weighted by Crippen LogP contribution is 2.06. The molecule has 0 aliphatic heterocycles. The van der Waals surface area contributed by atoms with Crippen LogP contribution in [0.1, 0.15) is 26.0 Å². The molecular formula is C13H20N2O4. The van der Waals surface area contributed by atoms with E-state index < -0.39 is 12.0 Å². The zero-order valence-corrected chi connectivity index (χ0v) is 11.4. The van der Waals surface area contributed by atoms with E-state index in [-0.39, 0.29) is 12.1 Å². The number of amides is 2. The summed E-state index contributed by atoms with van der Waals surface area (Å²) in [5, 5.41) is 11.6. The lowest BCUT2D eigenvalue weighted by Crippen LogP contribution is -2.48. The fourth-order valence-corrected chi connectivity index (χ4v) is 1.54. The minimum absolute atomic E-state index is 0.0546. The lowest BCUT2D eigenvalue weighted by Gasteiger charge is -2.24. The summed E-state index contributed by atoms with van der Waals surface area (Å²) in [6.07, 6.45) is 3.07. The molecule has 106 valence electrons. The van der Waals surface area contributed by atoms with Crippen molar-refractivity contribution in [1.82, 2.24) is 10.2 Å². The molecule has 19 heavy (non-hydrogen) atoms. The van der Waals surface area contributed by atoms with Gasteiger partial charge in [-0.15, -0.1) is 0 Å². The summed E-state index contributed by atoms with van der Waals surface area (Å²) < 4.78 is 5.21. The normalized spacial score (nSPS) is 13.6. The van der Waals surface area contributed by atoms with Crippen molar-refractivity contribution in [3.63, 3.8) is 0 Å². The molecule has 2 amide bonds. The fourth-order valence-electron chi connectivity index (χ4n) is 1.54. The second-order valence-electron chi connectivity index (χ2n) is 4.59. The molecule has 1 aromatic rings. The highest BCUT2D eigenvalue weighted by atomic mass is 16.4. The molecule has 2 atom stereocenters. The van der Waals surface area contributed by atoms with Crippen molar-refractivity contribution in [3.05, 3.63) is 24.2 Å². The van der Waals surface area contributed by atoms with Gasteiger partial charge in [0.1, 0.15) is 11.8 Å². The lowest BCUT2D eigenvalue weighted by atomic mass is 10.1. The molecule has 0 bridgehead atoms. The average molecular weight is 268 g/mol. The van der Waals surface area contributed by atoms with Crippen LogP contribution in [0.25, 0.3) is 0 Å². The third-order valence-corrected chi connectivity index (χ3v) is 3.03. The molecule has 1 rings (SSSR count). The van der Waals surface area contributed by atoms with Gasteiger partial charge in [-0.1, -0.05) is 0 Å². The first kappa shape index (κ1) is 15.1.